The second kappa shape index (κ2) is 9.79. The molecule has 5 heteroatoms. The predicted octanol–water partition coefficient (Wildman–Crippen LogP) is 5.00. The second-order valence-corrected chi connectivity index (χ2v) is 8.45. The fourth-order valence-corrected chi connectivity index (χ4v) is 4.54. The minimum Gasteiger partial charge on any atom is -0.341 e. The first-order valence-electron chi connectivity index (χ1n) is 11.2. The van der Waals surface area contributed by atoms with Crippen molar-refractivity contribution in [2.75, 3.05) is 31.5 Å². The lowest BCUT2D eigenvalue weighted by Crippen LogP contribution is -2.39. The summed E-state index contributed by atoms with van der Waals surface area (Å²) in [6.45, 7) is 2.65. The second-order valence-electron chi connectivity index (χ2n) is 8.45. The maximum atomic E-state index is 12.7. The van der Waals surface area contributed by atoms with E-state index in [1.165, 1.54) is 25.7 Å². The van der Waals surface area contributed by atoms with E-state index in [-0.39, 0.29) is 11.9 Å². The summed E-state index contributed by atoms with van der Waals surface area (Å²) in [7, 11) is 0. The summed E-state index contributed by atoms with van der Waals surface area (Å²) in [6, 6.07) is 18.0. The maximum absolute atomic E-state index is 12.7. The minimum absolute atomic E-state index is 0.0902. The quantitative estimate of drug-likeness (QED) is 0.778. The van der Waals surface area contributed by atoms with Gasteiger partial charge in [0.15, 0.2) is 0 Å². The van der Waals surface area contributed by atoms with Crippen molar-refractivity contribution in [3.05, 3.63) is 54.6 Å². The molecule has 0 bridgehead atoms. The highest BCUT2D eigenvalue weighted by atomic mass is 16.2. The molecule has 2 aliphatic rings. The van der Waals surface area contributed by atoms with Gasteiger partial charge in [-0.25, -0.2) is 4.79 Å². The molecule has 1 N–H and O–H groups in total. The van der Waals surface area contributed by atoms with Gasteiger partial charge in [-0.15, -0.1) is 0 Å². The largest absolute Gasteiger partial charge is 0.341 e. The van der Waals surface area contributed by atoms with Crippen molar-refractivity contribution in [2.45, 2.75) is 38.5 Å². The predicted molar refractivity (Wildman–Crippen MR) is 120 cm³/mol. The highest BCUT2D eigenvalue weighted by Crippen LogP contribution is 2.28. The van der Waals surface area contributed by atoms with Crippen molar-refractivity contribution in [3.63, 3.8) is 0 Å². The molecule has 158 valence electrons. The summed E-state index contributed by atoms with van der Waals surface area (Å²) >= 11 is 0. The van der Waals surface area contributed by atoms with Gasteiger partial charge in [-0.1, -0.05) is 55.3 Å². The Bertz CT molecular complexity index is 844. The first-order valence-corrected chi connectivity index (χ1v) is 11.2. The number of rotatable bonds is 4. The third-order valence-corrected chi connectivity index (χ3v) is 6.32. The van der Waals surface area contributed by atoms with Crippen molar-refractivity contribution >= 4 is 17.6 Å². The minimum atomic E-state index is -0.0902. The van der Waals surface area contributed by atoms with Crippen LogP contribution in [0.5, 0.6) is 0 Å². The van der Waals surface area contributed by atoms with E-state index in [1.54, 1.807) is 0 Å². The SMILES string of the molecule is O=C(CC1CCCC1)N1CCCN(C(=O)Nc2ccc(-c3ccccc3)cc2)CC1. The highest BCUT2D eigenvalue weighted by molar-refractivity contribution is 5.89. The van der Waals surface area contributed by atoms with E-state index in [0.717, 1.165) is 29.8 Å². The third-order valence-electron chi connectivity index (χ3n) is 6.32. The van der Waals surface area contributed by atoms with Crippen molar-refractivity contribution in [3.8, 4) is 11.1 Å². The Morgan fingerprint density at radius 2 is 1.40 bits per heavy atom. The number of nitrogens with one attached hydrogen (secondary N) is 1. The summed E-state index contributed by atoms with van der Waals surface area (Å²) in [5, 5.41) is 3.00. The monoisotopic (exact) mass is 405 g/mol. The van der Waals surface area contributed by atoms with Crippen LogP contribution in [0, 0.1) is 5.92 Å². The third kappa shape index (κ3) is 5.21. The Balaban J connectivity index is 1.29. The van der Waals surface area contributed by atoms with Gasteiger partial charge in [-0.3, -0.25) is 4.79 Å². The molecule has 2 fully saturated rings. The van der Waals surface area contributed by atoms with E-state index >= 15 is 0 Å². The molecule has 2 aromatic rings. The molecule has 2 aromatic carbocycles. The Labute approximate surface area is 179 Å². The Morgan fingerprint density at radius 1 is 0.767 bits per heavy atom. The first kappa shape index (κ1) is 20.5. The van der Waals surface area contributed by atoms with E-state index in [1.807, 2.05) is 52.3 Å². The normalized spacial score (nSPS) is 17.6. The van der Waals surface area contributed by atoms with E-state index in [2.05, 4.69) is 17.4 Å². The van der Waals surface area contributed by atoms with Crippen molar-refractivity contribution in [2.24, 2.45) is 5.92 Å². The molecule has 30 heavy (non-hydrogen) atoms. The number of urea groups is 1. The summed E-state index contributed by atoms with van der Waals surface area (Å²) in [5.74, 6) is 0.833. The van der Waals surface area contributed by atoms with E-state index in [9.17, 15) is 9.59 Å². The number of hydrogen-bond donors (Lipinski definition) is 1. The summed E-state index contributed by atoms with van der Waals surface area (Å²) in [6.07, 6.45) is 6.42. The average Bonchev–Trinajstić information content (AvgIpc) is 3.15. The van der Waals surface area contributed by atoms with Crippen LogP contribution < -0.4 is 5.32 Å². The van der Waals surface area contributed by atoms with E-state index in [4.69, 9.17) is 0 Å². The molecule has 1 saturated heterocycles. The van der Waals surface area contributed by atoms with Gasteiger partial charge in [-0.05, 0) is 48.4 Å². The Kier molecular flexibility index (Phi) is 6.67. The van der Waals surface area contributed by atoms with Gasteiger partial charge in [-0.2, -0.15) is 0 Å². The van der Waals surface area contributed by atoms with Crippen LogP contribution in [-0.4, -0.2) is 47.9 Å². The molecule has 0 aromatic heterocycles. The maximum Gasteiger partial charge on any atom is 0.321 e. The molecular formula is C25H31N3O2. The molecule has 0 spiro atoms. The highest BCUT2D eigenvalue weighted by Gasteiger charge is 2.25. The number of benzene rings is 2. The first-order chi connectivity index (χ1) is 14.7. The van der Waals surface area contributed by atoms with Gasteiger partial charge in [0.25, 0.3) is 0 Å². The van der Waals surface area contributed by atoms with E-state index < -0.39 is 0 Å². The van der Waals surface area contributed by atoms with Crippen LogP contribution >= 0.6 is 0 Å². The van der Waals surface area contributed by atoms with Gasteiger partial charge < -0.3 is 15.1 Å². The van der Waals surface area contributed by atoms with Crippen LogP contribution in [0.1, 0.15) is 38.5 Å². The van der Waals surface area contributed by atoms with Gasteiger partial charge in [0.05, 0.1) is 0 Å². The number of carbonyl (C=O) groups is 2. The van der Waals surface area contributed by atoms with Crippen LogP contribution in [0.2, 0.25) is 0 Å². The van der Waals surface area contributed by atoms with Gasteiger partial charge in [0.1, 0.15) is 0 Å². The molecule has 5 nitrogen and oxygen atoms in total. The Morgan fingerprint density at radius 3 is 2.13 bits per heavy atom. The van der Waals surface area contributed by atoms with Crippen LogP contribution in [0.3, 0.4) is 0 Å². The van der Waals surface area contributed by atoms with Gasteiger partial charge in [0.2, 0.25) is 5.91 Å². The molecule has 0 atom stereocenters. The summed E-state index contributed by atoms with van der Waals surface area (Å²) in [5.41, 5.74) is 3.07. The number of nitrogens with zero attached hydrogens (tertiary/aromatic N) is 2. The smallest absolute Gasteiger partial charge is 0.321 e. The van der Waals surface area contributed by atoms with Crippen LogP contribution in [0.15, 0.2) is 54.6 Å². The summed E-state index contributed by atoms with van der Waals surface area (Å²) < 4.78 is 0. The standard InChI is InChI=1S/C25H31N3O2/c29-24(19-20-7-4-5-8-20)27-15-6-16-28(18-17-27)25(30)26-23-13-11-22(12-14-23)21-9-2-1-3-10-21/h1-3,9-14,20H,4-8,15-19H2,(H,26,30). The molecule has 3 amide bonds. The van der Waals surface area contributed by atoms with Crippen LogP contribution in [0.4, 0.5) is 10.5 Å². The molecule has 1 aliphatic heterocycles. The fraction of sp³-hybridized carbons (Fsp3) is 0.440. The Hall–Kier alpha value is -2.82. The summed E-state index contributed by atoms with van der Waals surface area (Å²) in [4.78, 5) is 29.2. The van der Waals surface area contributed by atoms with Gasteiger partial charge in [0, 0.05) is 38.3 Å². The number of hydrogen-bond acceptors (Lipinski definition) is 2. The molecular weight excluding hydrogens is 374 g/mol. The van der Waals surface area contributed by atoms with Crippen LogP contribution in [-0.2, 0) is 4.79 Å². The van der Waals surface area contributed by atoms with Gasteiger partial charge >= 0.3 is 6.03 Å². The number of anilines is 1. The molecule has 1 aliphatic carbocycles. The molecule has 0 unspecified atom stereocenters. The van der Waals surface area contributed by atoms with Crippen LogP contribution in [0.25, 0.3) is 11.1 Å². The van der Waals surface area contributed by atoms with Crippen molar-refractivity contribution in [1.82, 2.24) is 9.80 Å². The van der Waals surface area contributed by atoms with Crippen molar-refractivity contribution < 1.29 is 9.59 Å². The lowest BCUT2D eigenvalue weighted by atomic mass is 10.0. The van der Waals surface area contributed by atoms with E-state index in [0.29, 0.717) is 32.0 Å². The molecule has 4 rings (SSSR count). The molecule has 1 saturated carbocycles. The zero-order chi connectivity index (χ0) is 20.8. The number of amides is 3. The zero-order valence-corrected chi connectivity index (χ0v) is 17.6. The van der Waals surface area contributed by atoms with Crippen molar-refractivity contribution in [1.29, 1.82) is 0 Å². The lowest BCUT2D eigenvalue weighted by molar-refractivity contribution is -0.132. The fourth-order valence-electron chi connectivity index (χ4n) is 4.54. The topological polar surface area (TPSA) is 52.7 Å². The zero-order valence-electron chi connectivity index (χ0n) is 17.6. The molecule has 0 radical (unpaired) electrons. The lowest BCUT2D eigenvalue weighted by Gasteiger charge is -2.23. The molecule has 1 heterocycles. The average molecular weight is 406 g/mol. The number of carbonyl (C=O) groups excluding carboxylic acids is 2.